The van der Waals surface area contributed by atoms with Gasteiger partial charge in [0.25, 0.3) is 0 Å². The summed E-state index contributed by atoms with van der Waals surface area (Å²) < 4.78 is 0. The Morgan fingerprint density at radius 3 is 2.90 bits per heavy atom. The summed E-state index contributed by atoms with van der Waals surface area (Å²) in [5.74, 6) is 0. The molecule has 1 saturated carbocycles. The summed E-state index contributed by atoms with van der Waals surface area (Å²) in [5, 5.41) is 5.28. The van der Waals surface area contributed by atoms with Crippen LogP contribution in [0.1, 0.15) is 45.4 Å². The van der Waals surface area contributed by atoms with Gasteiger partial charge in [0.05, 0.1) is 6.33 Å². The Morgan fingerprint density at radius 2 is 2.05 bits per heavy atom. The molecule has 0 aliphatic heterocycles. The van der Waals surface area contributed by atoms with E-state index in [1.807, 2.05) is 11.8 Å². The molecule has 0 radical (unpaired) electrons. The Labute approximate surface area is 129 Å². The van der Waals surface area contributed by atoms with Crippen LogP contribution in [0.3, 0.4) is 0 Å². The fourth-order valence-electron chi connectivity index (χ4n) is 3.06. The molecule has 1 fully saturated rings. The Kier molecular flexibility index (Phi) is 5.08. The van der Waals surface area contributed by atoms with Gasteiger partial charge >= 0.3 is 0 Å². The van der Waals surface area contributed by atoms with Crippen molar-refractivity contribution in [2.24, 2.45) is 0 Å². The number of hydrogen-bond acceptors (Lipinski definition) is 5. The fourth-order valence-corrected chi connectivity index (χ4v) is 4.41. The van der Waals surface area contributed by atoms with Crippen molar-refractivity contribution in [1.29, 1.82) is 0 Å². The number of aromatic nitrogens is 4. The average molecular weight is 305 g/mol. The van der Waals surface area contributed by atoms with E-state index < -0.39 is 0 Å². The molecular weight excluding hydrogens is 282 g/mol. The zero-order valence-electron chi connectivity index (χ0n) is 12.5. The Hall–Kier alpha value is -1.14. The first-order valence-corrected chi connectivity index (χ1v) is 8.80. The first-order valence-electron chi connectivity index (χ1n) is 7.92. The molecule has 0 saturated heterocycles. The minimum absolute atomic E-state index is 0.576. The summed E-state index contributed by atoms with van der Waals surface area (Å²) in [7, 11) is 0. The third kappa shape index (κ3) is 3.55. The number of nitrogens with one attached hydrogen (secondary N) is 2. The number of imidazole rings is 1. The number of thioether (sulfide) groups is 1. The number of fused-ring (bicyclic) bond motifs is 1. The maximum atomic E-state index is 4.47. The lowest BCUT2D eigenvalue weighted by Crippen LogP contribution is -2.38. The normalized spacial score (nSPS) is 23.9. The molecule has 0 aromatic carbocycles. The Balaban J connectivity index is 1.80. The van der Waals surface area contributed by atoms with E-state index in [2.05, 4.69) is 32.2 Å². The molecule has 1 aliphatic carbocycles. The van der Waals surface area contributed by atoms with Crippen molar-refractivity contribution >= 4 is 22.9 Å². The highest BCUT2D eigenvalue weighted by Gasteiger charge is 2.24. The van der Waals surface area contributed by atoms with E-state index in [4.69, 9.17) is 0 Å². The minimum Gasteiger partial charge on any atom is -0.341 e. The average Bonchev–Trinajstić information content (AvgIpc) is 2.95. The molecule has 2 heterocycles. The van der Waals surface area contributed by atoms with Gasteiger partial charge in [-0.25, -0.2) is 15.0 Å². The van der Waals surface area contributed by atoms with Crippen molar-refractivity contribution in [3.63, 3.8) is 0 Å². The molecule has 6 heteroatoms. The predicted molar refractivity (Wildman–Crippen MR) is 86.5 cm³/mol. The van der Waals surface area contributed by atoms with Gasteiger partial charge in [-0.15, -0.1) is 0 Å². The topological polar surface area (TPSA) is 66.5 Å². The number of aromatic amines is 1. The van der Waals surface area contributed by atoms with Gasteiger partial charge in [-0.05, 0) is 19.4 Å². The third-order valence-corrected chi connectivity index (χ3v) is 5.52. The van der Waals surface area contributed by atoms with Crippen LogP contribution in [0, 0.1) is 0 Å². The van der Waals surface area contributed by atoms with Gasteiger partial charge in [0.1, 0.15) is 16.9 Å². The SMILES string of the molecule is CCNC1CCCCCCC1Sc1ncnc2nc[nH]c12. The van der Waals surface area contributed by atoms with Crippen LogP contribution >= 0.6 is 11.8 Å². The molecule has 3 rings (SSSR count). The maximum absolute atomic E-state index is 4.47. The zero-order valence-corrected chi connectivity index (χ0v) is 13.3. The van der Waals surface area contributed by atoms with Gasteiger partial charge in [0.15, 0.2) is 5.65 Å². The highest BCUT2D eigenvalue weighted by molar-refractivity contribution is 8.00. The van der Waals surface area contributed by atoms with E-state index in [0.717, 1.165) is 22.7 Å². The molecule has 0 amide bonds. The summed E-state index contributed by atoms with van der Waals surface area (Å²) in [6.07, 6.45) is 11.2. The molecule has 2 unspecified atom stereocenters. The van der Waals surface area contributed by atoms with Crippen molar-refractivity contribution < 1.29 is 0 Å². The van der Waals surface area contributed by atoms with Gasteiger partial charge in [0, 0.05) is 11.3 Å². The molecule has 0 bridgehead atoms. The zero-order chi connectivity index (χ0) is 14.5. The van der Waals surface area contributed by atoms with E-state index in [-0.39, 0.29) is 0 Å². The van der Waals surface area contributed by atoms with Crippen LogP contribution in [-0.2, 0) is 0 Å². The molecule has 2 atom stereocenters. The molecule has 5 nitrogen and oxygen atoms in total. The van der Waals surface area contributed by atoms with Crippen LogP contribution in [0.5, 0.6) is 0 Å². The smallest absolute Gasteiger partial charge is 0.181 e. The van der Waals surface area contributed by atoms with Crippen LogP contribution < -0.4 is 5.32 Å². The standard InChI is InChI=1S/C15H23N5S/c1-2-16-11-7-5-3-4-6-8-12(11)21-15-13-14(18-9-17-13)19-10-20-15/h9-12,16H,2-8H2,1H3,(H,17,18,19,20). The predicted octanol–water partition coefficient (Wildman–Crippen LogP) is 3.15. The lowest BCUT2D eigenvalue weighted by atomic mass is 9.96. The fraction of sp³-hybridized carbons (Fsp3) is 0.667. The van der Waals surface area contributed by atoms with E-state index in [1.165, 1.54) is 38.5 Å². The van der Waals surface area contributed by atoms with Crippen LogP contribution in [0.15, 0.2) is 17.7 Å². The molecular formula is C15H23N5S. The van der Waals surface area contributed by atoms with Gasteiger partial charge in [-0.3, -0.25) is 0 Å². The van der Waals surface area contributed by atoms with Gasteiger partial charge in [0.2, 0.25) is 0 Å². The van der Waals surface area contributed by atoms with E-state index >= 15 is 0 Å². The summed E-state index contributed by atoms with van der Waals surface area (Å²) >= 11 is 1.88. The van der Waals surface area contributed by atoms with Gasteiger partial charge in [-0.2, -0.15) is 0 Å². The van der Waals surface area contributed by atoms with Gasteiger partial charge in [-0.1, -0.05) is 44.4 Å². The Morgan fingerprint density at radius 1 is 1.19 bits per heavy atom. The highest BCUT2D eigenvalue weighted by Crippen LogP contribution is 2.33. The Bertz CT molecular complexity index is 570. The first kappa shape index (κ1) is 14.8. The van der Waals surface area contributed by atoms with E-state index in [1.54, 1.807) is 12.7 Å². The van der Waals surface area contributed by atoms with E-state index in [9.17, 15) is 0 Å². The van der Waals surface area contributed by atoms with Crippen LogP contribution in [0.2, 0.25) is 0 Å². The quantitative estimate of drug-likeness (QED) is 0.849. The lowest BCUT2D eigenvalue weighted by Gasteiger charge is -2.29. The van der Waals surface area contributed by atoms with Crippen LogP contribution in [0.4, 0.5) is 0 Å². The molecule has 2 N–H and O–H groups in total. The number of nitrogens with zero attached hydrogens (tertiary/aromatic N) is 3. The molecule has 2 aromatic rings. The largest absolute Gasteiger partial charge is 0.341 e. The third-order valence-electron chi connectivity index (χ3n) is 4.12. The van der Waals surface area contributed by atoms with Crippen LogP contribution in [-0.4, -0.2) is 37.8 Å². The molecule has 1 aliphatic rings. The second kappa shape index (κ2) is 7.22. The summed E-state index contributed by atoms with van der Waals surface area (Å²) in [4.78, 5) is 16.1. The molecule has 2 aromatic heterocycles. The summed E-state index contributed by atoms with van der Waals surface area (Å²) in [6, 6.07) is 0.577. The van der Waals surface area contributed by atoms with Crippen molar-refractivity contribution in [1.82, 2.24) is 25.3 Å². The minimum atomic E-state index is 0.576. The monoisotopic (exact) mass is 305 g/mol. The number of hydrogen-bond donors (Lipinski definition) is 2. The number of H-pyrrole nitrogens is 1. The van der Waals surface area contributed by atoms with E-state index in [0.29, 0.717) is 11.3 Å². The second-order valence-corrected chi connectivity index (χ2v) is 6.82. The summed E-state index contributed by atoms with van der Waals surface area (Å²) in [6.45, 7) is 3.23. The molecule has 21 heavy (non-hydrogen) atoms. The highest BCUT2D eigenvalue weighted by atomic mass is 32.2. The molecule has 114 valence electrons. The van der Waals surface area contributed by atoms with Crippen molar-refractivity contribution in [3.05, 3.63) is 12.7 Å². The van der Waals surface area contributed by atoms with Crippen molar-refractivity contribution in [2.45, 2.75) is 61.8 Å². The van der Waals surface area contributed by atoms with Crippen molar-refractivity contribution in [2.75, 3.05) is 6.54 Å². The van der Waals surface area contributed by atoms with Gasteiger partial charge < -0.3 is 10.3 Å². The summed E-state index contributed by atoms with van der Waals surface area (Å²) in [5.41, 5.74) is 1.73. The molecule has 0 spiro atoms. The first-order chi connectivity index (χ1) is 10.4. The second-order valence-electron chi connectivity index (χ2n) is 5.59. The van der Waals surface area contributed by atoms with Crippen LogP contribution in [0.25, 0.3) is 11.2 Å². The maximum Gasteiger partial charge on any atom is 0.181 e. The lowest BCUT2D eigenvalue weighted by molar-refractivity contribution is 0.406. The number of rotatable bonds is 4. The van der Waals surface area contributed by atoms with Crippen molar-refractivity contribution in [3.8, 4) is 0 Å².